The third-order valence-corrected chi connectivity index (χ3v) is 2.12. The van der Waals surface area contributed by atoms with E-state index in [-0.39, 0.29) is 5.69 Å². The molecule has 16 heavy (non-hydrogen) atoms. The van der Waals surface area contributed by atoms with Crippen molar-refractivity contribution in [2.24, 2.45) is 0 Å². The molecule has 0 heterocycles. The normalized spacial score (nSPS) is 14.4. The van der Waals surface area contributed by atoms with E-state index in [0.717, 1.165) is 5.56 Å². The van der Waals surface area contributed by atoms with E-state index >= 15 is 0 Å². The number of aliphatic hydroxyl groups excluding tert-OH is 2. The molecular formula is C10H14N2O4. The minimum absolute atomic E-state index is 0.0276. The van der Waals surface area contributed by atoms with Gasteiger partial charge < -0.3 is 10.2 Å². The van der Waals surface area contributed by atoms with Crippen LogP contribution < -0.4 is 5.32 Å². The molecule has 0 fully saturated rings. The molecule has 6 heteroatoms. The van der Waals surface area contributed by atoms with E-state index in [4.69, 9.17) is 5.11 Å². The molecule has 0 spiro atoms. The van der Waals surface area contributed by atoms with Crippen LogP contribution in [0.1, 0.15) is 12.5 Å². The molecule has 1 aromatic rings. The van der Waals surface area contributed by atoms with Gasteiger partial charge >= 0.3 is 0 Å². The molecular weight excluding hydrogens is 212 g/mol. The fourth-order valence-corrected chi connectivity index (χ4v) is 1.13. The monoisotopic (exact) mass is 226 g/mol. The van der Waals surface area contributed by atoms with Gasteiger partial charge in [0.15, 0.2) is 0 Å². The maximum absolute atomic E-state index is 10.4. The first-order valence-corrected chi connectivity index (χ1v) is 4.83. The summed E-state index contributed by atoms with van der Waals surface area (Å²) >= 11 is 0. The van der Waals surface area contributed by atoms with E-state index in [1.165, 1.54) is 19.1 Å². The van der Waals surface area contributed by atoms with Gasteiger partial charge in [-0.3, -0.25) is 15.4 Å². The summed E-state index contributed by atoms with van der Waals surface area (Å²) in [6.07, 6.45) is -1.87. The number of non-ortho nitro benzene ring substituents is 1. The predicted octanol–water partition coefficient (Wildman–Crippen LogP) is 0.384. The topological polar surface area (TPSA) is 95.6 Å². The van der Waals surface area contributed by atoms with Crippen molar-refractivity contribution in [2.75, 3.05) is 0 Å². The van der Waals surface area contributed by atoms with Gasteiger partial charge in [-0.25, -0.2) is 0 Å². The van der Waals surface area contributed by atoms with Crippen LogP contribution in [0.5, 0.6) is 0 Å². The van der Waals surface area contributed by atoms with Gasteiger partial charge in [-0.05, 0) is 12.5 Å². The molecule has 0 aliphatic carbocycles. The van der Waals surface area contributed by atoms with Crippen molar-refractivity contribution in [3.63, 3.8) is 0 Å². The lowest BCUT2D eigenvalue weighted by atomic mass is 10.2. The van der Waals surface area contributed by atoms with E-state index in [1.807, 2.05) is 0 Å². The Kier molecular flexibility index (Phi) is 4.36. The molecule has 0 amide bonds. The molecule has 0 saturated carbocycles. The zero-order valence-corrected chi connectivity index (χ0v) is 8.83. The van der Waals surface area contributed by atoms with E-state index in [9.17, 15) is 15.2 Å². The molecule has 3 N–H and O–H groups in total. The summed E-state index contributed by atoms with van der Waals surface area (Å²) in [5, 5.41) is 31.3. The fraction of sp³-hybridized carbons (Fsp3) is 0.400. The second-order valence-corrected chi connectivity index (χ2v) is 3.49. The number of hydrogen-bond donors (Lipinski definition) is 3. The van der Waals surface area contributed by atoms with Gasteiger partial charge in [0.25, 0.3) is 5.69 Å². The van der Waals surface area contributed by atoms with Crippen molar-refractivity contribution in [3.05, 3.63) is 39.9 Å². The quantitative estimate of drug-likeness (QED) is 0.383. The highest BCUT2D eigenvalue weighted by atomic mass is 16.6. The maximum atomic E-state index is 10.4. The number of nitro groups is 1. The summed E-state index contributed by atoms with van der Waals surface area (Å²) in [6, 6.07) is 5.98. The molecule has 6 nitrogen and oxygen atoms in total. The molecule has 0 bridgehead atoms. The van der Waals surface area contributed by atoms with Crippen molar-refractivity contribution < 1.29 is 15.1 Å². The average molecular weight is 226 g/mol. The van der Waals surface area contributed by atoms with E-state index in [1.54, 1.807) is 12.1 Å². The number of nitro benzene ring substituents is 1. The zero-order valence-electron chi connectivity index (χ0n) is 8.83. The molecule has 0 radical (unpaired) electrons. The van der Waals surface area contributed by atoms with Crippen molar-refractivity contribution in [1.29, 1.82) is 0 Å². The highest BCUT2D eigenvalue weighted by Crippen LogP contribution is 2.11. The SMILES string of the molecule is CC(O)C(O)NCc1ccc([N+](=O)[O-])cc1. The highest BCUT2D eigenvalue weighted by molar-refractivity contribution is 5.32. The Bertz CT molecular complexity index is 350. The molecule has 88 valence electrons. The standard InChI is InChI=1S/C10H14N2O4/c1-7(13)10(14)11-6-8-2-4-9(5-3-8)12(15)16/h2-5,7,10-11,13-14H,6H2,1H3. The Morgan fingerprint density at radius 2 is 1.94 bits per heavy atom. The van der Waals surface area contributed by atoms with Crippen LogP contribution in [-0.2, 0) is 6.54 Å². The van der Waals surface area contributed by atoms with Crippen LogP contribution in [0.25, 0.3) is 0 Å². The van der Waals surface area contributed by atoms with Crippen LogP contribution in [-0.4, -0.2) is 27.5 Å². The zero-order chi connectivity index (χ0) is 12.1. The van der Waals surface area contributed by atoms with Crippen molar-refractivity contribution >= 4 is 5.69 Å². The first kappa shape index (κ1) is 12.6. The van der Waals surface area contributed by atoms with Gasteiger partial charge in [0.05, 0.1) is 11.0 Å². The lowest BCUT2D eigenvalue weighted by Crippen LogP contribution is -2.37. The summed E-state index contributed by atoms with van der Waals surface area (Å²) in [6.45, 7) is 1.80. The lowest BCUT2D eigenvalue weighted by Gasteiger charge is -2.15. The van der Waals surface area contributed by atoms with Gasteiger partial charge in [-0.15, -0.1) is 0 Å². The smallest absolute Gasteiger partial charge is 0.269 e. The van der Waals surface area contributed by atoms with Crippen LogP contribution in [0.3, 0.4) is 0 Å². The van der Waals surface area contributed by atoms with Gasteiger partial charge in [0.1, 0.15) is 6.23 Å². The second-order valence-electron chi connectivity index (χ2n) is 3.49. The van der Waals surface area contributed by atoms with E-state index < -0.39 is 17.3 Å². The Labute approximate surface area is 92.7 Å². The summed E-state index contributed by atoms with van der Waals surface area (Å²) in [5.41, 5.74) is 0.824. The van der Waals surface area contributed by atoms with Crippen molar-refractivity contribution in [2.45, 2.75) is 25.8 Å². The number of rotatable bonds is 5. The molecule has 2 unspecified atom stereocenters. The Morgan fingerprint density at radius 1 is 1.38 bits per heavy atom. The van der Waals surface area contributed by atoms with Gasteiger partial charge in [-0.1, -0.05) is 12.1 Å². The molecule has 1 aromatic carbocycles. The first-order valence-electron chi connectivity index (χ1n) is 4.83. The Hall–Kier alpha value is -1.50. The first-order chi connectivity index (χ1) is 7.50. The molecule has 0 aliphatic heterocycles. The van der Waals surface area contributed by atoms with Crippen LogP contribution in [0, 0.1) is 10.1 Å². The average Bonchev–Trinajstić information content (AvgIpc) is 2.26. The van der Waals surface area contributed by atoms with Crippen molar-refractivity contribution in [1.82, 2.24) is 5.32 Å². The molecule has 0 aliphatic rings. The maximum Gasteiger partial charge on any atom is 0.269 e. The molecule has 1 rings (SSSR count). The largest absolute Gasteiger partial charge is 0.389 e. The number of hydrogen-bond acceptors (Lipinski definition) is 5. The minimum Gasteiger partial charge on any atom is -0.389 e. The van der Waals surface area contributed by atoms with Gasteiger partial charge in [0.2, 0.25) is 0 Å². The third-order valence-electron chi connectivity index (χ3n) is 2.12. The molecule has 0 saturated heterocycles. The fourth-order valence-electron chi connectivity index (χ4n) is 1.13. The van der Waals surface area contributed by atoms with E-state index in [0.29, 0.717) is 6.54 Å². The number of aliphatic hydroxyl groups is 2. The minimum atomic E-state index is -1.00. The van der Waals surface area contributed by atoms with Crippen LogP contribution in [0.4, 0.5) is 5.69 Å². The second kappa shape index (κ2) is 5.55. The van der Waals surface area contributed by atoms with Gasteiger partial charge in [0, 0.05) is 18.7 Å². The molecule has 0 aromatic heterocycles. The highest BCUT2D eigenvalue weighted by Gasteiger charge is 2.10. The van der Waals surface area contributed by atoms with Crippen LogP contribution in [0.2, 0.25) is 0 Å². The number of nitrogens with one attached hydrogen (secondary N) is 1. The van der Waals surface area contributed by atoms with Gasteiger partial charge in [-0.2, -0.15) is 0 Å². The number of benzene rings is 1. The Morgan fingerprint density at radius 3 is 2.38 bits per heavy atom. The lowest BCUT2D eigenvalue weighted by molar-refractivity contribution is -0.384. The molecule has 2 atom stereocenters. The van der Waals surface area contributed by atoms with Crippen LogP contribution in [0.15, 0.2) is 24.3 Å². The Balaban J connectivity index is 2.53. The summed E-state index contributed by atoms with van der Waals surface area (Å²) in [4.78, 5) is 9.91. The summed E-state index contributed by atoms with van der Waals surface area (Å²) in [7, 11) is 0. The third kappa shape index (κ3) is 3.58. The van der Waals surface area contributed by atoms with Crippen molar-refractivity contribution in [3.8, 4) is 0 Å². The predicted molar refractivity (Wildman–Crippen MR) is 57.6 cm³/mol. The summed E-state index contributed by atoms with van der Waals surface area (Å²) in [5.74, 6) is 0. The summed E-state index contributed by atoms with van der Waals surface area (Å²) < 4.78 is 0. The van der Waals surface area contributed by atoms with E-state index in [2.05, 4.69) is 5.32 Å². The number of nitrogens with zero attached hydrogens (tertiary/aromatic N) is 1. The van der Waals surface area contributed by atoms with Crippen LogP contribution >= 0.6 is 0 Å².